The fourth-order valence-corrected chi connectivity index (χ4v) is 3.01. The highest BCUT2D eigenvalue weighted by Gasteiger charge is 2.22. The molecule has 28 heavy (non-hydrogen) atoms. The molecule has 0 unspecified atom stereocenters. The van der Waals surface area contributed by atoms with Gasteiger partial charge in [0.15, 0.2) is 0 Å². The molecular formula is C22H23N3O3. The molecule has 4 rings (SSSR count). The number of nitrogens with one attached hydrogen (secondary N) is 1. The standard InChI is InChI=1S/C22H23N3O3/c1-15-23-8-9-25(15)19-6-4-16(5-7-19)13-24-22(27)18-10-20(26)12-21(11-18)28-14-17-2-3-17/h4-12,17,26H,2-3,13-14H2,1H3,(H,24,27). The van der Waals surface area contributed by atoms with Gasteiger partial charge in [-0.2, -0.15) is 0 Å². The lowest BCUT2D eigenvalue weighted by molar-refractivity contribution is 0.0950. The zero-order valence-electron chi connectivity index (χ0n) is 15.8. The van der Waals surface area contributed by atoms with Gasteiger partial charge in [-0.1, -0.05) is 12.1 Å². The number of aryl methyl sites for hydroxylation is 1. The lowest BCUT2D eigenvalue weighted by Crippen LogP contribution is -2.22. The molecule has 3 aromatic rings. The molecule has 0 saturated heterocycles. The number of nitrogens with zero attached hydrogens (tertiary/aromatic N) is 2. The highest BCUT2D eigenvalue weighted by molar-refractivity contribution is 5.95. The van der Waals surface area contributed by atoms with E-state index in [9.17, 15) is 9.90 Å². The van der Waals surface area contributed by atoms with E-state index in [1.165, 1.54) is 25.0 Å². The molecule has 6 nitrogen and oxygen atoms in total. The number of hydrogen-bond donors (Lipinski definition) is 2. The molecule has 1 aliphatic carbocycles. The minimum absolute atomic E-state index is 0.0264. The molecule has 1 aromatic heterocycles. The summed E-state index contributed by atoms with van der Waals surface area (Å²) in [6.07, 6.45) is 6.05. The van der Waals surface area contributed by atoms with Gasteiger partial charge in [0, 0.05) is 36.3 Å². The first-order chi connectivity index (χ1) is 13.6. The molecule has 0 aliphatic heterocycles. The van der Waals surface area contributed by atoms with Gasteiger partial charge in [-0.3, -0.25) is 4.79 Å². The van der Waals surface area contributed by atoms with Crippen molar-refractivity contribution in [3.63, 3.8) is 0 Å². The Morgan fingerprint density at radius 1 is 1.25 bits per heavy atom. The number of aromatic nitrogens is 2. The van der Waals surface area contributed by atoms with Crippen LogP contribution in [0.5, 0.6) is 11.5 Å². The Kier molecular flexibility index (Phi) is 5.02. The van der Waals surface area contributed by atoms with Crippen molar-refractivity contribution in [2.45, 2.75) is 26.3 Å². The van der Waals surface area contributed by atoms with Crippen molar-refractivity contribution >= 4 is 5.91 Å². The Hall–Kier alpha value is -3.28. The highest BCUT2D eigenvalue weighted by Crippen LogP contribution is 2.30. The summed E-state index contributed by atoms with van der Waals surface area (Å²) < 4.78 is 7.67. The first-order valence-electron chi connectivity index (χ1n) is 9.43. The van der Waals surface area contributed by atoms with Gasteiger partial charge in [-0.05, 0) is 55.5 Å². The third-order valence-corrected chi connectivity index (χ3v) is 4.83. The first kappa shape index (κ1) is 18.1. The number of carbonyl (C=O) groups excluding carboxylic acids is 1. The second kappa shape index (κ2) is 7.76. The summed E-state index contributed by atoms with van der Waals surface area (Å²) in [7, 11) is 0. The van der Waals surface area contributed by atoms with Gasteiger partial charge in [-0.25, -0.2) is 4.98 Å². The molecule has 2 aromatic carbocycles. The van der Waals surface area contributed by atoms with E-state index in [4.69, 9.17) is 4.74 Å². The molecule has 1 heterocycles. The molecule has 1 aliphatic rings. The smallest absolute Gasteiger partial charge is 0.251 e. The summed E-state index contributed by atoms with van der Waals surface area (Å²) in [4.78, 5) is 16.7. The quantitative estimate of drug-likeness (QED) is 0.660. The van der Waals surface area contributed by atoms with E-state index in [0.717, 1.165) is 17.1 Å². The van der Waals surface area contributed by atoms with Crippen molar-refractivity contribution in [2.24, 2.45) is 5.92 Å². The summed E-state index contributed by atoms with van der Waals surface area (Å²) in [5.41, 5.74) is 2.40. The van der Waals surface area contributed by atoms with E-state index in [2.05, 4.69) is 10.3 Å². The second-order valence-electron chi connectivity index (χ2n) is 7.16. The SMILES string of the molecule is Cc1nccn1-c1ccc(CNC(=O)c2cc(O)cc(OCC3CC3)c2)cc1. The average molecular weight is 377 g/mol. The maximum absolute atomic E-state index is 12.5. The average Bonchev–Trinajstić information content (AvgIpc) is 3.43. The summed E-state index contributed by atoms with van der Waals surface area (Å²) >= 11 is 0. The van der Waals surface area contributed by atoms with Crippen molar-refractivity contribution in [1.29, 1.82) is 0 Å². The van der Waals surface area contributed by atoms with Crippen LogP contribution in [0, 0.1) is 12.8 Å². The molecule has 0 bridgehead atoms. The Morgan fingerprint density at radius 3 is 2.71 bits per heavy atom. The molecule has 2 N–H and O–H groups in total. The highest BCUT2D eigenvalue weighted by atomic mass is 16.5. The zero-order valence-corrected chi connectivity index (χ0v) is 15.8. The molecule has 1 amide bonds. The van der Waals surface area contributed by atoms with Crippen LogP contribution in [-0.2, 0) is 6.54 Å². The summed E-state index contributed by atoms with van der Waals surface area (Å²) in [6, 6.07) is 12.6. The molecule has 0 radical (unpaired) electrons. The van der Waals surface area contributed by atoms with E-state index in [-0.39, 0.29) is 11.7 Å². The van der Waals surface area contributed by atoms with Gasteiger partial charge in [0.2, 0.25) is 0 Å². The fourth-order valence-electron chi connectivity index (χ4n) is 3.01. The number of hydrogen-bond acceptors (Lipinski definition) is 4. The van der Waals surface area contributed by atoms with Crippen molar-refractivity contribution in [1.82, 2.24) is 14.9 Å². The number of imidazole rings is 1. The van der Waals surface area contributed by atoms with Crippen LogP contribution >= 0.6 is 0 Å². The number of rotatable bonds is 7. The van der Waals surface area contributed by atoms with Crippen LogP contribution in [0.25, 0.3) is 5.69 Å². The summed E-state index contributed by atoms with van der Waals surface area (Å²) in [5, 5.41) is 12.8. The number of ether oxygens (including phenoxy) is 1. The number of amides is 1. The number of phenols is 1. The van der Waals surface area contributed by atoms with Crippen molar-refractivity contribution < 1.29 is 14.6 Å². The van der Waals surface area contributed by atoms with Gasteiger partial charge in [0.25, 0.3) is 5.91 Å². The first-order valence-corrected chi connectivity index (χ1v) is 9.43. The molecule has 0 spiro atoms. The van der Waals surface area contributed by atoms with E-state index in [1.807, 2.05) is 42.0 Å². The lowest BCUT2D eigenvalue weighted by Gasteiger charge is -2.10. The Balaban J connectivity index is 1.38. The maximum Gasteiger partial charge on any atom is 0.251 e. The van der Waals surface area contributed by atoms with Gasteiger partial charge < -0.3 is 19.7 Å². The van der Waals surface area contributed by atoms with Crippen LogP contribution in [0.4, 0.5) is 0 Å². The Labute approximate surface area is 163 Å². The lowest BCUT2D eigenvalue weighted by atomic mass is 10.1. The summed E-state index contributed by atoms with van der Waals surface area (Å²) in [6.45, 7) is 2.98. The van der Waals surface area contributed by atoms with Crippen LogP contribution in [-0.4, -0.2) is 27.2 Å². The van der Waals surface area contributed by atoms with E-state index >= 15 is 0 Å². The number of aromatic hydroxyl groups is 1. The third-order valence-electron chi connectivity index (χ3n) is 4.83. The predicted molar refractivity (Wildman–Crippen MR) is 106 cm³/mol. The minimum atomic E-state index is -0.248. The van der Waals surface area contributed by atoms with Crippen LogP contribution < -0.4 is 10.1 Å². The molecule has 1 saturated carbocycles. The normalized spacial score (nSPS) is 13.3. The minimum Gasteiger partial charge on any atom is -0.508 e. The van der Waals surface area contributed by atoms with Crippen molar-refractivity contribution in [3.8, 4) is 17.2 Å². The number of phenolic OH excluding ortho intramolecular Hbond substituents is 1. The Morgan fingerprint density at radius 2 is 2.04 bits per heavy atom. The van der Waals surface area contributed by atoms with Crippen molar-refractivity contribution in [2.75, 3.05) is 6.61 Å². The van der Waals surface area contributed by atoms with Gasteiger partial charge in [0.1, 0.15) is 17.3 Å². The van der Waals surface area contributed by atoms with Crippen LogP contribution in [0.3, 0.4) is 0 Å². The zero-order chi connectivity index (χ0) is 19.5. The van der Waals surface area contributed by atoms with Gasteiger partial charge in [0.05, 0.1) is 6.61 Å². The van der Waals surface area contributed by atoms with Crippen LogP contribution in [0.15, 0.2) is 54.9 Å². The van der Waals surface area contributed by atoms with E-state index in [1.54, 1.807) is 12.3 Å². The van der Waals surface area contributed by atoms with Crippen LogP contribution in [0.2, 0.25) is 0 Å². The molecule has 144 valence electrons. The van der Waals surface area contributed by atoms with E-state index in [0.29, 0.717) is 30.4 Å². The third kappa shape index (κ3) is 4.34. The molecule has 0 atom stereocenters. The largest absolute Gasteiger partial charge is 0.508 e. The molecule has 1 fully saturated rings. The van der Waals surface area contributed by atoms with Crippen LogP contribution in [0.1, 0.15) is 34.6 Å². The second-order valence-corrected chi connectivity index (χ2v) is 7.16. The maximum atomic E-state index is 12.5. The monoisotopic (exact) mass is 377 g/mol. The topological polar surface area (TPSA) is 76.4 Å². The molecular weight excluding hydrogens is 354 g/mol. The van der Waals surface area contributed by atoms with E-state index < -0.39 is 0 Å². The molecule has 6 heteroatoms. The van der Waals surface area contributed by atoms with Gasteiger partial charge in [-0.15, -0.1) is 0 Å². The number of benzene rings is 2. The predicted octanol–water partition coefficient (Wildman–Crippen LogP) is 3.61. The van der Waals surface area contributed by atoms with Gasteiger partial charge >= 0.3 is 0 Å². The van der Waals surface area contributed by atoms with Crippen molar-refractivity contribution in [3.05, 3.63) is 71.8 Å². The number of carbonyl (C=O) groups is 1. The fraction of sp³-hybridized carbons (Fsp3) is 0.273. The summed E-state index contributed by atoms with van der Waals surface area (Å²) in [5.74, 6) is 1.83. The Bertz CT molecular complexity index is 975.